The first-order valence-corrected chi connectivity index (χ1v) is 41.9. The zero-order valence-electron chi connectivity index (χ0n) is 70.2. The van der Waals surface area contributed by atoms with Gasteiger partial charge in [-0.25, -0.2) is 23.7 Å². The van der Waals surface area contributed by atoms with Crippen molar-refractivity contribution in [2.24, 2.45) is 10.1 Å². The molecule has 2 saturated carbocycles. The number of nitrogens with zero attached hydrogens (tertiary/aromatic N) is 27. The Kier molecular flexibility index (Phi) is 28.9. The van der Waals surface area contributed by atoms with Crippen molar-refractivity contribution >= 4 is 76.0 Å². The van der Waals surface area contributed by atoms with Crippen LogP contribution >= 0.6 is 23.4 Å². The third-order valence-electron chi connectivity index (χ3n) is 19.4. The average molecular weight is 1770 g/mol. The van der Waals surface area contributed by atoms with E-state index in [-0.39, 0.29) is 17.8 Å². The number of ether oxygens (including phenoxy) is 3. The van der Waals surface area contributed by atoms with Crippen LogP contribution < -0.4 is 40.9 Å². The largest absolute Gasteiger partial charge is 0.497 e. The molecule has 0 amide bonds. The summed E-state index contributed by atoms with van der Waals surface area (Å²) in [5, 5.41) is 92.1. The lowest BCUT2D eigenvalue weighted by Gasteiger charge is -2.10. The quantitative estimate of drug-likeness (QED) is 0.0222. The molecule has 2 fully saturated rings. The summed E-state index contributed by atoms with van der Waals surface area (Å²) >= 11 is 7.36. The highest BCUT2D eigenvalue weighted by atomic mass is 35.5. The molecule has 0 unspecified atom stereocenters. The number of nitriles is 2. The SMILES string of the molecule is CCC1=C[N+](Nc2nc(Oc3cccc(OC)c3)nc(C3CC3)n2)=NC1.CCc1nnc(-c2ccc(F)c(F)c2)nc1Nc1n[nH]nc1C.CCc1nnc(Cc2ccc(C#N)cc2)nc1Nc1n[nH]nc1C1CC1.Cc1nnc(OCc2cccc(Cl)c2)nc1Nc1cn[nH]n1.N#CCc1ccc(Sc2nc(NC3=NCc4ccccc43)nc(-c3cccnc3)n2)cc1. The Morgan fingerprint density at radius 1 is 0.574 bits per heavy atom. The van der Waals surface area contributed by atoms with Gasteiger partial charge in [-0.3, -0.25) is 9.98 Å². The van der Waals surface area contributed by atoms with Crippen LogP contribution in [-0.2, 0) is 38.8 Å². The number of anilines is 8. The number of aliphatic imine (C=N–C) groups is 1. The number of benzene rings is 6. The average Bonchev–Trinajstić information content (AvgIpc) is 1.80. The number of pyridine rings is 1. The number of azo groups is 1. The van der Waals surface area contributed by atoms with Crippen LogP contribution in [0.25, 0.3) is 22.8 Å². The Labute approximate surface area is 745 Å². The van der Waals surface area contributed by atoms with Crippen LogP contribution in [0.15, 0.2) is 202 Å². The van der Waals surface area contributed by atoms with E-state index in [1.165, 1.54) is 35.2 Å². The maximum Gasteiger partial charge on any atom is 0.338 e. The van der Waals surface area contributed by atoms with Crippen molar-refractivity contribution in [1.29, 1.82) is 10.5 Å². The first kappa shape index (κ1) is 87.7. The topological polar surface area (TPSA) is 494 Å². The van der Waals surface area contributed by atoms with Crippen molar-refractivity contribution in [1.82, 2.24) is 127 Å². The highest BCUT2D eigenvalue weighted by Crippen LogP contribution is 2.43. The zero-order valence-corrected chi connectivity index (χ0v) is 71.8. The van der Waals surface area contributed by atoms with E-state index in [1.54, 1.807) is 62.4 Å². The fourth-order valence-electron chi connectivity index (χ4n) is 12.3. The summed E-state index contributed by atoms with van der Waals surface area (Å²) in [6.07, 6.45) is 14.6. The molecule has 11 heterocycles. The second kappa shape index (κ2) is 42.5. The highest BCUT2D eigenvalue weighted by Gasteiger charge is 2.32. The molecule has 648 valence electrons. The predicted molar refractivity (Wildman–Crippen MR) is 471 cm³/mol. The van der Waals surface area contributed by atoms with E-state index in [2.05, 4.69) is 189 Å². The lowest BCUT2D eigenvalue weighted by atomic mass is 10.1. The van der Waals surface area contributed by atoms with E-state index in [0.717, 1.165) is 106 Å². The molecule has 0 radical (unpaired) electrons. The molecular weight excluding hydrogens is 1690 g/mol. The minimum Gasteiger partial charge on any atom is -0.497 e. The first-order chi connectivity index (χ1) is 63.1. The van der Waals surface area contributed by atoms with Gasteiger partial charge in [-0.05, 0) is 177 Å². The summed E-state index contributed by atoms with van der Waals surface area (Å²) in [5.41, 5.74) is 14.9. The van der Waals surface area contributed by atoms with Gasteiger partial charge in [0.05, 0.1) is 44.0 Å². The number of hydrogen-bond acceptors (Lipinski definition) is 35. The van der Waals surface area contributed by atoms with E-state index >= 15 is 0 Å². The van der Waals surface area contributed by atoms with Crippen molar-refractivity contribution in [3.63, 3.8) is 0 Å². The van der Waals surface area contributed by atoms with E-state index in [9.17, 15) is 8.78 Å². The number of aryl methyl sites for hydroxylation is 4. The number of nitrogens with one attached hydrogen (secondary N) is 8. The second-order valence-electron chi connectivity index (χ2n) is 28.8. The maximum absolute atomic E-state index is 13.4. The summed E-state index contributed by atoms with van der Waals surface area (Å²) < 4.78 is 43.0. The molecule has 2 aliphatic heterocycles. The molecule has 4 aliphatic rings. The molecule has 9 aromatic heterocycles. The molecule has 0 spiro atoms. The Bertz CT molecular complexity index is 6590. The highest BCUT2D eigenvalue weighted by molar-refractivity contribution is 7.99. The van der Waals surface area contributed by atoms with Crippen LogP contribution in [0.3, 0.4) is 0 Å². The van der Waals surface area contributed by atoms with Gasteiger partial charge in [0, 0.05) is 73.7 Å². The Balaban J connectivity index is 0.000000125. The van der Waals surface area contributed by atoms with E-state index < -0.39 is 11.6 Å². The van der Waals surface area contributed by atoms with Gasteiger partial charge in [0.15, 0.2) is 69.2 Å². The normalized spacial score (nSPS) is 12.6. The number of amidine groups is 1. The number of fused-ring (bicyclic) bond motifs is 1. The number of halogens is 3. The van der Waals surface area contributed by atoms with Crippen LogP contribution in [0.5, 0.6) is 23.5 Å². The number of hydrazine groups is 1. The monoisotopic (exact) mass is 1770 g/mol. The molecule has 2 aliphatic carbocycles. The van der Waals surface area contributed by atoms with Crippen molar-refractivity contribution in [3.8, 4) is 58.4 Å². The molecular formula is C87H81ClF2N35O3S+. The number of H-pyrrole nitrogens is 3. The molecule has 0 atom stereocenters. The van der Waals surface area contributed by atoms with Crippen molar-refractivity contribution in [2.75, 3.05) is 40.3 Å². The number of methoxy groups -OCH3 is 1. The van der Waals surface area contributed by atoms with Crippen molar-refractivity contribution in [3.05, 3.63) is 272 Å². The van der Waals surface area contributed by atoms with Crippen LogP contribution in [0.4, 0.5) is 55.6 Å². The number of rotatable bonds is 27. The van der Waals surface area contributed by atoms with Gasteiger partial charge < -0.3 is 35.5 Å². The first-order valence-electron chi connectivity index (χ1n) is 40.7. The van der Waals surface area contributed by atoms with Gasteiger partial charge in [0.25, 0.3) is 5.95 Å². The minimum absolute atomic E-state index is 0.163. The van der Waals surface area contributed by atoms with Crippen molar-refractivity contribution in [2.45, 2.75) is 127 Å². The summed E-state index contributed by atoms with van der Waals surface area (Å²) in [5.74, 6) is 7.36. The van der Waals surface area contributed by atoms with Crippen LogP contribution in [0.1, 0.15) is 138 Å². The smallest absolute Gasteiger partial charge is 0.338 e. The lowest BCUT2D eigenvalue weighted by Crippen LogP contribution is -2.15. The Morgan fingerprint density at radius 2 is 1.35 bits per heavy atom. The Morgan fingerprint density at radius 3 is 2.08 bits per heavy atom. The zero-order chi connectivity index (χ0) is 89.4. The molecule has 0 saturated heterocycles. The van der Waals surface area contributed by atoms with Gasteiger partial charge in [-0.15, -0.1) is 40.8 Å². The molecule has 15 aromatic rings. The van der Waals surface area contributed by atoms with Crippen LogP contribution in [-0.4, -0.2) is 151 Å². The minimum atomic E-state index is -0.965. The molecule has 42 heteroatoms. The van der Waals surface area contributed by atoms with E-state index in [4.69, 9.17) is 36.3 Å². The van der Waals surface area contributed by atoms with Gasteiger partial charge in [0.2, 0.25) is 12.1 Å². The van der Waals surface area contributed by atoms with E-state index in [0.29, 0.717) is 159 Å². The summed E-state index contributed by atoms with van der Waals surface area (Å²) in [7, 11) is 1.62. The lowest BCUT2D eigenvalue weighted by molar-refractivity contribution is -0.491. The van der Waals surface area contributed by atoms with Gasteiger partial charge in [-0.2, -0.15) is 71.4 Å². The number of aromatic amines is 3. The number of hydrogen-bond donors (Lipinski definition) is 8. The molecule has 8 N–H and O–H groups in total. The van der Waals surface area contributed by atoms with Gasteiger partial charge >= 0.3 is 12.0 Å². The fourth-order valence-corrected chi connectivity index (χ4v) is 13.2. The van der Waals surface area contributed by atoms with E-state index in [1.807, 2.05) is 123 Å². The predicted octanol–water partition coefficient (Wildman–Crippen LogP) is 15.6. The third kappa shape index (κ3) is 24.3. The molecule has 129 heavy (non-hydrogen) atoms. The van der Waals surface area contributed by atoms with Crippen molar-refractivity contribution < 1.29 is 27.8 Å². The second-order valence-corrected chi connectivity index (χ2v) is 30.3. The van der Waals surface area contributed by atoms with Crippen LogP contribution in [0.2, 0.25) is 5.02 Å². The molecule has 38 nitrogen and oxygen atoms in total. The fraction of sp³-hybridized carbons (Fsp3) is 0.230. The molecule has 6 aromatic carbocycles. The third-order valence-corrected chi connectivity index (χ3v) is 20.5. The molecule has 0 bridgehead atoms. The van der Waals surface area contributed by atoms with Gasteiger partial charge in [-0.1, -0.05) is 110 Å². The van der Waals surface area contributed by atoms with Gasteiger partial charge in [0.1, 0.15) is 64.8 Å². The summed E-state index contributed by atoms with van der Waals surface area (Å²) in [6.45, 7) is 11.2. The standard InChI is InChI=1S/C24H17N7S.C18H18N8.C18H21N6O2.C14H13F2N7.C13H12ClN7O/c25-12-11-16-7-9-19(10-8-16)32-24-30-21(18-5-3-13-26-14-18)28-23(31-24)29-22-20-6-2-1-4-17(20)15-27-22;1-2-14-17(21-18-16(13-7-8-13)24-26-25-18)20-15(23-22-14)9-11-3-5-12(10-19)6-4-11;1-3-12-10-19-24(11-12)23-17-20-16(13-7-8-13)21-18(22-17)26-15-6-4-5-14(9-15)25-2;1-3-11-14(17-12-7(2)19-23-22-12)18-13(21-20-11)8-4-5-9(15)10(16)6-8;1-8-12(16-11-6-15-21-19-11)17-13(20-18-8)22-7-9-3-2-4-10(14)5-9/h1-10,13-14H,11,15H2,(H,27,28,29,30,31);3-6,13H,2,7-9H2,1H3,(H2,20,21,23,24,25,26);4-6,9,11,13H,3,7-8,10H2,1-2H3,(H,19,20,21,22,23);4-6H,3H2,1-2H3,(H2,17,18,19,21,22,23);2-6H,7H2,1H3,(H2,15,16,17,19,20,21)/q;;+1;;. The maximum atomic E-state index is 13.4. The summed E-state index contributed by atoms with van der Waals surface area (Å²) in [6, 6.07) is 50.0. The summed E-state index contributed by atoms with van der Waals surface area (Å²) in [4.78, 5) is 51.9. The number of aromatic nitrogens is 25. The Hall–Kier alpha value is -16.2. The van der Waals surface area contributed by atoms with Crippen LogP contribution in [0, 0.1) is 48.1 Å². The molecule has 19 rings (SSSR count).